The first-order valence-corrected chi connectivity index (χ1v) is 7.49. The summed E-state index contributed by atoms with van der Waals surface area (Å²) in [6.07, 6.45) is 8.06. The van der Waals surface area contributed by atoms with Gasteiger partial charge in [-0.3, -0.25) is 4.79 Å². The molecule has 1 heterocycles. The van der Waals surface area contributed by atoms with Crippen LogP contribution in [-0.4, -0.2) is 32.7 Å². The summed E-state index contributed by atoms with van der Waals surface area (Å²) >= 11 is 0. The van der Waals surface area contributed by atoms with E-state index in [1.165, 1.54) is 0 Å². The number of rotatable bonds is 6. The van der Waals surface area contributed by atoms with Crippen LogP contribution in [0.25, 0.3) is 0 Å². The molecule has 1 aliphatic carbocycles. The lowest BCUT2D eigenvalue weighted by molar-refractivity contribution is -0.123. The van der Waals surface area contributed by atoms with Gasteiger partial charge in [-0.25, -0.2) is 4.98 Å². The number of aryl methyl sites for hydroxylation is 1. The van der Waals surface area contributed by atoms with E-state index in [1.54, 1.807) is 6.20 Å². The number of nitrogens with one attached hydrogen (secondary N) is 1. The lowest BCUT2D eigenvalue weighted by Gasteiger charge is -2.28. The largest absolute Gasteiger partial charge is 0.394 e. The van der Waals surface area contributed by atoms with Crippen molar-refractivity contribution < 1.29 is 9.90 Å². The molecule has 0 saturated heterocycles. The summed E-state index contributed by atoms with van der Waals surface area (Å²) < 4.78 is 2.03. The Hall–Kier alpha value is -1.36. The van der Waals surface area contributed by atoms with E-state index < -0.39 is 0 Å². The number of aliphatic hydroxyl groups excluding tert-OH is 1. The van der Waals surface area contributed by atoms with Crippen molar-refractivity contribution in [3.05, 3.63) is 18.2 Å². The molecule has 1 aromatic heterocycles. The predicted molar refractivity (Wildman–Crippen MR) is 77.4 cm³/mol. The second-order valence-electron chi connectivity index (χ2n) is 6.08. The van der Waals surface area contributed by atoms with Crippen molar-refractivity contribution in [1.82, 2.24) is 14.9 Å². The first kappa shape index (κ1) is 15.0. The molecule has 20 heavy (non-hydrogen) atoms. The van der Waals surface area contributed by atoms with Crippen LogP contribution in [0.2, 0.25) is 0 Å². The molecule has 5 heteroatoms. The number of carbonyl (C=O) groups is 1. The Morgan fingerprint density at radius 1 is 1.50 bits per heavy atom. The number of aromatic nitrogens is 2. The number of hydrogen-bond donors (Lipinski definition) is 2. The molecule has 0 bridgehead atoms. The molecule has 0 unspecified atom stereocenters. The molecule has 0 spiro atoms. The van der Waals surface area contributed by atoms with Gasteiger partial charge >= 0.3 is 0 Å². The Bertz CT molecular complexity index is 448. The minimum absolute atomic E-state index is 0.0179. The van der Waals surface area contributed by atoms with Crippen LogP contribution in [0.5, 0.6) is 0 Å². The normalized spacial score (nSPS) is 17.6. The average molecular weight is 279 g/mol. The smallest absolute Gasteiger partial charge is 0.222 e. The molecule has 1 fully saturated rings. The third-order valence-corrected chi connectivity index (χ3v) is 4.11. The van der Waals surface area contributed by atoms with Gasteiger partial charge in [0, 0.05) is 31.3 Å². The van der Waals surface area contributed by atoms with Gasteiger partial charge in [-0.05, 0) is 12.8 Å². The Morgan fingerprint density at radius 3 is 2.80 bits per heavy atom. The number of carbonyl (C=O) groups excluding carboxylic acids is 1. The van der Waals surface area contributed by atoms with Gasteiger partial charge in [-0.1, -0.05) is 26.7 Å². The number of amides is 1. The molecular formula is C15H25N3O2. The topological polar surface area (TPSA) is 67.2 Å². The molecule has 112 valence electrons. The Labute approximate surface area is 120 Å². The van der Waals surface area contributed by atoms with Gasteiger partial charge in [-0.15, -0.1) is 0 Å². The molecule has 1 amide bonds. The van der Waals surface area contributed by atoms with Crippen LogP contribution in [0, 0.1) is 0 Å². The van der Waals surface area contributed by atoms with Gasteiger partial charge in [0.15, 0.2) is 0 Å². The number of hydrogen-bond acceptors (Lipinski definition) is 3. The summed E-state index contributed by atoms with van der Waals surface area (Å²) in [6, 6.07) is 0. The highest BCUT2D eigenvalue weighted by Gasteiger charge is 2.34. The van der Waals surface area contributed by atoms with Crippen LogP contribution >= 0.6 is 0 Å². The molecule has 1 aromatic rings. The minimum Gasteiger partial charge on any atom is -0.394 e. The summed E-state index contributed by atoms with van der Waals surface area (Å²) in [5.74, 6) is 1.38. The van der Waals surface area contributed by atoms with Gasteiger partial charge in [0.2, 0.25) is 5.91 Å². The van der Waals surface area contributed by atoms with E-state index in [1.807, 2.05) is 10.8 Å². The molecule has 0 aliphatic heterocycles. The van der Waals surface area contributed by atoms with Crippen LogP contribution in [0.15, 0.2) is 12.4 Å². The fraction of sp³-hybridized carbons (Fsp3) is 0.733. The third-order valence-electron chi connectivity index (χ3n) is 4.11. The lowest BCUT2D eigenvalue weighted by atomic mass is 9.99. The van der Waals surface area contributed by atoms with Crippen molar-refractivity contribution in [3.63, 3.8) is 0 Å². The lowest BCUT2D eigenvalue weighted by Crippen LogP contribution is -2.49. The van der Waals surface area contributed by atoms with Gasteiger partial charge in [0.25, 0.3) is 0 Å². The van der Waals surface area contributed by atoms with Crippen molar-refractivity contribution >= 4 is 5.91 Å². The summed E-state index contributed by atoms with van der Waals surface area (Å²) in [5.41, 5.74) is -0.368. The number of aliphatic hydroxyl groups is 1. The Morgan fingerprint density at radius 2 is 2.20 bits per heavy atom. The maximum Gasteiger partial charge on any atom is 0.222 e. The number of imidazole rings is 1. The molecular weight excluding hydrogens is 254 g/mol. The molecule has 0 atom stereocenters. The molecule has 1 saturated carbocycles. The molecule has 0 radical (unpaired) electrons. The van der Waals surface area contributed by atoms with E-state index in [4.69, 9.17) is 0 Å². The molecule has 1 aliphatic rings. The molecule has 0 aromatic carbocycles. The van der Waals surface area contributed by atoms with Crippen molar-refractivity contribution in [2.75, 3.05) is 6.61 Å². The van der Waals surface area contributed by atoms with Gasteiger partial charge in [0.1, 0.15) is 5.82 Å². The molecule has 5 nitrogen and oxygen atoms in total. The van der Waals surface area contributed by atoms with E-state index in [2.05, 4.69) is 24.1 Å². The van der Waals surface area contributed by atoms with E-state index in [0.717, 1.165) is 31.5 Å². The average Bonchev–Trinajstić information content (AvgIpc) is 3.05. The van der Waals surface area contributed by atoms with Crippen LogP contribution in [0.1, 0.15) is 57.7 Å². The highest BCUT2D eigenvalue weighted by atomic mass is 16.3. The highest BCUT2D eigenvalue weighted by Crippen LogP contribution is 2.29. The van der Waals surface area contributed by atoms with Crippen LogP contribution in [0.4, 0.5) is 0 Å². The zero-order valence-corrected chi connectivity index (χ0v) is 12.4. The van der Waals surface area contributed by atoms with Crippen LogP contribution in [0.3, 0.4) is 0 Å². The fourth-order valence-electron chi connectivity index (χ4n) is 2.97. The van der Waals surface area contributed by atoms with Crippen molar-refractivity contribution in [2.45, 2.75) is 64.0 Å². The molecule has 2 N–H and O–H groups in total. The monoisotopic (exact) mass is 279 g/mol. The van der Waals surface area contributed by atoms with Gasteiger partial charge in [-0.2, -0.15) is 0 Å². The van der Waals surface area contributed by atoms with E-state index >= 15 is 0 Å². The van der Waals surface area contributed by atoms with Gasteiger partial charge < -0.3 is 15.0 Å². The predicted octanol–water partition coefficient (Wildman–Crippen LogP) is 1.82. The first-order chi connectivity index (χ1) is 9.56. The summed E-state index contributed by atoms with van der Waals surface area (Å²) in [7, 11) is 0. The maximum absolute atomic E-state index is 12.1. The van der Waals surface area contributed by atoms with Crippen molar-refractivity contribution in [2.24, 2.45) is 0 Å². The minimum atomic E-state index is -0.368. The fourth-order valence-corrected chi connectivity index (χ4v) is 2.97. The quantitative estimate of drug-likeness (QED) is 0.834. The third kappa shape index (κ3) is 3.39. The Balaban J connectivity index is 1.87. The SMILES string of the molecule is CC(C)c1nccn1CCC(=O)NC1(CO)CCCC1. The standard InChI is InChI=1S/C15H25N3O2/c1-12(2)14-16-8-10-18(14)9-5-13(20)17-15(11-19)6-3-4-7-15/h8,10,12,19H,3-7,9,11H2,1-2H3,(H,17,20). The summed E-state index contributed by atoms with van der Waals surface area (Å²) in [5, 5.41) is 12.5. The zero-order valence-electron chi connectivity index (χ0n) is 12.4. The molecule has 2 rings (SSSR count). The maximum atomic E-state index is 12.1. The summed E-state index contributed by atoms with van der Waals surface area (Å²) in [4.78, 5) is 16.4. The zero-order chi connectivity index (χ0) is 14.6. The van der Waals surface area contributed by atoms with E-state index in [9.17, 15) is 9.90 Å². The Kier molecular flexibility index (Phi) is 4.81. The van der Waals surface area contributed by atoms with Crippen LogP contribution in [-0.2, 0) is 11.3 Å². The van der Waals surface area contributed by atoms with Crippen LogP contribution < -0.4 is 5.32 Å². The second-order valence-corrected chi connectivity index (χ2v) is 6.08. The first-order valence-electron chi connectivity index (χ1n) is 7.49. The van der Waals surface area contributed by atoms with Gasteiger partial charge in [0.05, 0.1) is 12.1 Å². The van der Waals surface area contributed by atoms with E-state index in [-0.39, 0.29) is 18.1 Å². The highest BCUT2D eigenvalue weighted by molar-refractivity contribution is 5.76. The van der Waals surface area contributed by atoms with Crippen molar-refractivity contribution in [1.29, 1.82) is 0 Å². The summed E-state index contributed by atoms with van der Waals surface area (Å²) in [6.45, 7) is 4.87. The van der Waals surface area contributed by atoms with E-state index in [0.29, 0.717) is 18.9 Å². The van der Waals surface area contributed by atoms with Crippen molar-refractivity contribution in [3.8, 4) is 0 Å². The number of nitrogens with zero attached hydrogens (tertiary/aromatic N) is 2. The second kappa shape index (κ2) is 6.39.